The highest BCUT2D eigenvalue weighted by atomic mass is 16.2. The van der Waals surface area contributed by atoms with E-state index in [1.807, 2.05) is 94.1 Å². The summed E-state index contributed by atoms with van der Waals surface area (Å²) in [5.41, 5.74) is 3.22. The number of aromatic nitrogens is 1. The van der Waals surface area contributed by atoms with Gasteiger partial charge in [-0.15, -0.1) is 0 Å². The maximum atomic E-state index is 13.7. The minimum atomic E-state index is -0.130. The van der Waals surface area contributed by atoms with Gasteiger partial charge < -0.3 is 14.4 Å². The Kier molecular flexibility index (Phi) is 8.91. The Hall–Kier alpha value is -3.34. The summed E-state index contributed by atoms with van der Waals surface area (Å²) in [5.74, 6) is -0.0229. The highest BCUT2D eigenvalue weighted by molar-refractivity contribution is 5.85. The monoisotopic (exact) mass is 473 g/mol. The van der Waals surface area contributed by atoms with E-state index in [-0.39, 0.29) is 29.8 Å². The van der Waals surface area contributed by atoms with Crippen LogP contribution in [0.2, 0.25) is 0 Å². The molecule has 0 aliphatic carbocycles. The van der Waals surface area contributed by atoms with Crippen molar-refractivity contribution < 1.29 is 9.59 Å². The van der Waals surface area contributed by atoms with Crippen molar-refractivity contribution in [3.05, 3.63) is 95.8 Å². The fourth-order valence-electron chi connectivity index (χ4n) is 4.12. The van der Waals surface area contributed by atoms with Gasteiger partial charge in [-0.25, -0.2) is 0 Å². The fourth-order valence-corrected chi connectivity index (χ4v) is 4.12. The maximum Gasteiger partial charge on any atom is 0.242 e. The topological polar surface area (TPSA) is 45.6 Å². The summed E-state index contributed by atoms with van der Waals surface area (Å²) in [6.07, 6.45) is 2.47. The largest absolute Gasteiger partial charge is 0.345 e. The maximum absolute atomic E-state index is 13.7. The van der Waals surface area contributed by atoms with E-state index in [1.54, 1.807) is 4.90 Å². The highest BCUT2D eigenvalue weighted by Crippen LogP contribution is 2.21. The van der Waals surface area contributed by atoms with Crippen LogP contribution < -0.4 is 0 Å². The molecule has 5 heteroatoms. The molecular formula is C30H39N3O2. The van der Waals surface area contributed by atoms with Crippen LogP contribution in [0.4, 0.5) is 0 Å². The summed E-state index contributed by atoms with van der Waals surface area (Å²) < 4.78 is 2.19. The van der Waals surface area contributed by atoms with Crippen molar-refractivity contribution in [2.24, 2.45) is 5.41 Å². The van der Waals surface area contributed by atoms with Crippen molar-refractivity contribution >= 4 is 11.8 Å². The van der Waals surface area contributed by atoms with Crippen LogP contribution in [0.5, 0.6) is 0 Å². The van der Waals surface area contributed by atoms with Crippen molar-refractivity contribution in [1.82, 2.24) is 14.4 Å². The predicted molar refractivity (Wildman–Crippen MR) is 142 cm³/mol. The van der Waals surface area contributed by atoms with Gasteiger partial charge in [0, 0.05) is 37.4 Å². The first-order valence-electron chi connectivity index (χ1n) is 12.4. The van der Waals surface area contributed by atoms with Crippen molar-refractivity contribution in [2.75, 3.05) is 6.54 Å². The normalized spacial score (nSPS) is 11.5. The Morgan fingerprint density at radius 3 is 1.97 bits per heavy atom. The number of hydrogen-bond donors (Lipinski definition) is 0. The number of hydrogen-bond acceptors (Lipinski definition) is 2. The molecule has 0 unspecified atom stereocenters. The molecule has 186 valence electrons. The van der Waals surface area contributed by atoms with Crippen molar-refractivity contribution in [2.45, 2.75) is 66.7 Å². The Labute approximate surface area is 210 Å². The number of amides is 2. The molecule has 0 fully saturated rings. The molecule has 0 saturated carbocycles. The fraction of sp³-hybridized carbons (Fsp3) is 0.400. The Bertz CT molecular complexity index is 1080. The van der Waals surface area contributed by atoms with Gasteiger partial charge in [-0.3, -0.25) is 9.59 Å². The van der Waals surface area contributed by atoms with E-state index in [4.69, 9.17) is 0 Å². The van der Waals surface area contributed by atoms with Gasteiger partial charge in [-0.2, -0.15) is 0 Å². The quantitative estimate of drug-likeness (QED) is 0.377. The number of carbonyl (C=O) groups is 2. The Balaban J connectivity index is 1.81. The van der Waals surface area contributed by atoms with E-state index in [2.05, 4.69) is 29.0 Å². The van der Waals surface area contributed by atoms with Gasteiger partial charge in [0.25, 0.3) is 0 Å². The zero-order chi connectivity index (χ0) is 25.4. The van der Waals surface area contributed by atoms with E-state index < -0.39 is 0 Å². The molecule has 0 aliphatic heterocycles. The van der Waals surface area contributed by atoms with Crippen LogP contribution in [0.25, 0.3) is 0 Å². The average molecular weight is 474 g/mol. The third-order valence-corrected chi connectivity index (χ3v) is 5.97. The first-order chi connectivity index (χ1) is 16.6. The second-order valence-electron chi connectivity index (χ2n) is 10.7. The summed E-state index contributed by atoms with van der Waals surface area (Å²) in [6.45, 7) is 11.9. The first-order valence-corrected chi connectivity index (χ1v) is 12.4. The van der Waals surface area contributed by atoms with Crippen LogP contribution in [0, 0.1) is 5.41 Å². The van der Waals surface area contributed by atoms with Gasteiger partial charge in [-0.1, -0.05) is 81.4 Å². The summed E-state index contributed by atoms with van der Waals surface area (Å²) in [4.78, 5) is 30.3. The Morgan fingerprint density at radius 2 is 1.40 bits per heavy atom. The third kappa shape index (κ3) is 8.13. The second kappa shape index (κ2) is 11.9. The van der Waals surface area contributed by atoms with Gasteiger partial charge in [0.1, 0.15) is 0 Å². The standard InChI is InChI=1S/C30H39N3O2/c1-24(2)33(28(34)19-30(3,4)5)23-29(35)32(21-26-15-10-7-11-16-26)22-27-17-12-18-31(27)20-25-13-8-6-9-14-25/h6-18,24H,19-23H2,1-5H3. The second-order valence-corrected chi connectivity index (χ2v) is 10.7. The molecule has 0 spiro atoms. The molecule has 0 radical (unpaired) electrons. The molecule has 3 aromatic rings. The molecule has 1 aromatic heterocycles. The van der Waals surface area contributed by atoms with Gasteiger partial charge in [0.05, 0.1) is 13.1 Å². The molecular weight excluding hydrogens is 434 g/mol. The summed E-state index contributed by atoms with van der Waals surface area (Å²) >= 11 is 0. The number of nitrogens with zero attached hydrogens (tertiary/aromatic N) is 3. The van der Waals surface area contributed by atoms with E-state index in [1.165, 1.54) is 5.56 Å². The molecule has 0 saturated heterocycles. The van der Waals surface area contributed by atoms with E-state index >= 15 is 0 Å². The zero-order valence-electron chi connectivity index (χ0n) is 21.8. The van der Waals surface area contributed by atoms with Crippen LogP contribution in [0.15, 0.2) is 79.0 Å². The van der Waals surface area contributed by atoms with Gasteiger partial charge in [-0.05, 0) is 42.5 Å². The summed E-state index contributed by atoms with van der Waals surface area (Å²) in [7, 11) is 0. The van der Waals surface area contributed by atoms with E-state index in [0.29, 0.717) is 19.5 Å². The van der Waals surface area contributed by atoms with Gasteiger partial charge >= 0.3 is 0 Å². The first kappa shape index (κ1) is 26.3. The molecule has 0 bridgehead atoms. The van der Waals surface area contributed by atoms with Crippen LogP contribution >= 0.6 is 0 Å². The van der Waals surface area contributed by atoms with Crippen molar-refractivity contribution in [3.8, 4) is 0 Å². The smallest absolute Gasteiger partial charge is 0.242 e. The molecule has 2 aromatic carbocycles. The molecule has 0 atom stereocenters. The van der Waals surface area contributed by atoms with E-state index in [0.717, 1.165) is 17.8 Å². The molecule has 0 N–H and O–H groups in total. The molecule has 3 rings (SSSR count). The summed E-state index contributed by atoms with van der Waals surface area (Å²) in [6, 6.07) is 24.4. The minimum absolute atomic E-state index is 0.0213. The zero-order valence-corrected chi connectivity index (χ0v) is 21.8. The lowest BCUT2D eigenvalue weighted by Gasteiger charge is -2.32. The van der Waals surface area contributed by atoms with Gasteiger partial charge in [0.2, 0.25) is 11.8 Å². The van der Waals surface area contributed by atoms with Crippen molar-refractivity contribution in [3.63, 3.8) is 0 Å². The molecule has 2 amide bonds. The highest BCUT2D eigenvalue weighted by Gasteiger charge is 2.27. The van der Waals surface area contributed by atoms with Crippen molar-refractivity contribution in [1.29, 1.82) is 0 Å². The van der Waals surface area contributed by atoms with Crippen LogP contribution in [0.3, 0.4) is 0 Å². The SMILES string of the molecule is CC(C)N(CC(=O)N(Cc1ccccc1)Cc1cccn1Cc1ccccc1)C(=O)CC(C)(C)C. The van der Waals surface area contributed by atoms with Crippen LogP contribution in [0.1, 0.15) is 57.9 Å². The average Bonchev–Trinajstić information content (AvgIpc) is 3.23. The lowest BCUT2D eigenvalue weighted by Crippen LogP contribution is -2.46. The molecule has 0 aliphatic rings. The van der Waals surface area contributed by atoms with E-state index in [9.17, 15) is 9.59 Å². The molecule has 1 heterocycles. The number of carbonyl (C=O) groups excluding carboxylic acids is 2. The van der Waals surface area contributed by atoms with Crippen LogP contribution in [-0.4, -0.2) is 38.8 Å². The molecule has 5 nitrogen and oxygen atoms in total. The minimum Gasteiger partial charge on any atom is -0.345 e. The summed E-state index contributed by atoms with van der Waals surface area (Å²) in [5, 5.41) is 0. The molecule has 35 heavy (non-hydrogen) atoms. The predicted octanol–water partition coefficient (Wildman–Crippen LogP) is 5.74. The van der Waals surface area contributed by atoms with Gasteiger partial charge in [0.15, 0.2) is 0 Å². The number of rotatable bonds is 10. The number of benzene rings is 2. The third-order valence-electron chi connectivity index (χ3n) is 5.97. The lowest BCUT2D eigenvalue weighted by atomic mass is 9.91. The lowest BCUT2D eigenvalue weighted by molar-refractivity contribution is -0.143. The Morgan fingerprint density at radius 1 is 0.800 bits per heavy atom. The van der Waals surface area contributed by atoms with Crippen LogP contribution in [-0.2, 0) is 29.2 Å².